The van der Waals surface area contributed by atoms with Gasteiger partial charge in [0.05, 0.1) is 0 Å². The van der Waals surface area contributed by atoms with Gasteiger partial charge in [0.2, 0.25) is 0 Å². The second-order valence-corrected chi connectivity index (χ2v) is 7.60. The molecule has 0 aliphatic carbocycles. The number of halogens is 3. The standard InChI is InChI=1S/C21H26ClN3O.2ClH/c22-18-4-6-20(7-5-18)26-21-3-1-2-17(14-21)16-24-10-12-25(13-11-24)19-8-9-23-15-19;;/h1-7,14,19,23H,8-13,15-16H2;2*1H. The van der Waals surface area contributed by atoms with E-state index >= 15 is 0 Å². The summed E-state index contributed by atoms with van der Waals surface area (Å²) in [4.78, 5) is 5.19. The number of benzene rings is 2. The summed E-state index contributed by atoms with van der Waals surface area (Å²) < 4.78 is 5.96. The zero-order valence-electron chi connectivity index (χ0n) is 15.9. The topological polar surface area (TPSA) is 27.7 Å². The first-order valence-corrected chi connectivity index (χ1v) is 9.83. The molecule has 2 fully saturated rings. The molecule has 2 aliphatic heterocycles. The molecule has 0 radical (unpaired) electrons. The molecular weight excluding hydrogens is 417 g/mol. The summed E-state index contributed by atoms with van der Waals surface area (Å²) in [6.07, 6.45) is 1.30. The lowest BCUT2D eigenvalue weighted by atomic mass is 10.1. The molecule has 0 aromatic heterocycles. The van der Waals surface area contributed by atoms with Crippen LogP contribution in [0.5, 0.6) is 11.5 Å². The quantitative estimate of drug-likeness (QED) is 0.737. The molecule has 2 aromatic carbocycles. The van der Waals surface area contributed by atoms with Gasteiger partial charge in [-0.2, -0.15) is 0 Å². The number of hydrogen-bond donors (Lipinski definition) is 1. The van der Waals surface area contributed by atoms with Gasteiger partial charge in [0.15, 0.2) is 0 Å². The molecule has 4 nitrogen and oxygen atoms in total. The number of nitrogens with zero attached hydrogens (tertiary/aromatic N) is 2. The van der Waals surface area contributed by atoms with Crippen LogP contribution in [0.25, 0.3) is 0 Å². The third kappa shape index (κ3) is 6.24. The highest BCUT2D eigenvalue weighted by molar-refractivity contribution is 6.30. The summed E-state index contributed by atoms with van der Waals surface area (Å²) >= 11 is 5.93. The maximum absolute atomic E-state index is 5.96. The van der Waals surface area contributed by atoms with Gasteiger partial charge in [-0.3, -0.25) is 9.80 Å². The number of hydrogen-bond acceptors (Lipinski definition) is 4. The van der Waals surface area contributed by atoms with Gasteiger partial charge in [0, 0.05) is 50.3 Å². The van der Waals surface area contributed by atoms with E-state index in [1.807, 2.05) is 30.3 Å². The van der Waals surface area contributed by atoms with Gasteiger partial charge >= 0.3 is 0 Å². The van der Waals surface area contributed by atoms with Crippen molar-refractivity contribution < 1.29 is 4.74 Å². The van der Waals surface area contributed by atoms with E-state index in [1.165, 1.54) is 31.6 Å². The molecule has 2 aromatic rings. The predicted molar refractivity (Wildman–Crippen MR) is 121 cm³/mol. The van der Waals surface area contributed by atoms with Crippen LogP contribution in [0.2, 0.25) is 5.02 Å². The molecule has 0 amide bonds. The van der Waals surface area contributed by atoms with Crippen molar-refractivity contribution >= 4 is 36.4 Å². The first-order chi connectivity index (χ1) is 12.8. The van der Waals surface area contributed by atoms with Crippen LogP contribution in [0.15, 0.2) is 48.5 Å². The van der Waals surface area contributed by atoms with Crippen molar-refractivity contribution in [3.63, 3.8) is 0 Å². The van der Waals surface area contributed by atoms with Crippen LogP contribution in [0, 0.1) is 0 Å². The first-order valence-electron chi connectivity index (χ1n) is 9.46. The third-order valence-corrected chi connectivity index (χ3v) is 5.56. The zero-order chi connectivity index (χ0) is 17.8. The van der Waals surface area contributed by atoms with Crippen molar-refractivity contribution in [3.05, 3.63) is 59.1 Å². The molecule has 7 heteroatoms. The summed E-state index contributed by atoms with van der Waals surface area (Å²) in [7, 11) is 0. The number of piperazine rings is 1. The highest BCUT2D eigenvalue weighted by Gasteiger charge is 2.25. The van der Waals surface area contributed by atoms with E-state index in [9.17, 15) is 0 Å². The lowest BCUT2D eigenvalue weighted by Crippen LogP contribution is -2.50. The smallest absolute Gasteiger partial charge is 0.127 e. The third-order valence-electron chi connectivity index (χ3n) is 5.31. The van der Waals surface area contributed by atoms with Crippen LogP contribution < -0.4 is 10.1 Å². The average molecular weight is 445 g/mol. The number of nitrogens with one attached hydrogen (secondary N) is 1. The van der Waals surface area contributed by atoms with Gasteiger partial charge in [-0.05, 0) is 54.9 Å². The monoisotopic (exact) mass is 443 g/mol. The Balaban J connectivity index is 0.00000140. The minimum Gasteiger partial charge on any atom is -0.457 e. The minimum atomic E-state index is 0. The second-order valence-electron chi connectivity index (χ2n) is 7.16. The largest absolute Gasteiger partial charge is 0.457 e. The fourth-order valence-electron chi connectivity index (χ4n) is 3.84. The molecule has 0 bridgehead atoms. The normalized spacial score (nSPS) is 20.2. The number of ether oxygens (including phenoxy) is 1. The lowest BCUT2D eigenvalue weighted by Gasteiger charge is -2.37. The molecule has 28 heavy (non-hydrogen) atoms. The Morgan fingerprint density at radius 2 is 1.71 bits per heavy atom. The van der Waals surface area contributed by atoms with Crippen LogP contribution in [-0.2, 0) is 6.54 Å². The SMILES string of the molecule is Cl.Cl.Clc1ccc(Oc2cccc(CN3CCN(C4CCNC4)CC3)c2)cc1. The summed E-state index contributed by atoms with van der Waals surface area (Å²) in [6, 6.07) is 16.6. The van der Waals surface area contributed by atoms with E-state index in [-0.39, 0.29) is 24.8 Å². The Labute approximate surface area is 185 Å². The Morgan fingerprint density at radius 3 is 2.39 bits per heavy atom. The van der Waals surface area contributed by atoms with E-state index in [1.54, 1.807) is 0 Å². The second kappa shape index (κ2) is 11.2. The molecule has 2 saturated heterocycles. The van der Waals surface area contributed by atoms with Gasteiger partial charge in [-0.25, -0.2) is 0 Å². The van der Waals surface area contributed by atoms with Crippen molar-refractivity contribution in [1.82, 2.24) is 15.1 Å². The van der Waals surface area contributed by atoms with Crippen LogP contribution in [0.1, 0.15) is 12.0 Å². The van der Waals surface area contributed by atoms with Crippen molar-refractivity contribution in [2.75, 3.05) is 39.3 Å². The molecule has 0 spiro atoms. The Hall–Kier alpha value is -1.01. The summed E-state index contributed by atoms with van der Waals surface area (Å²) in [6.45, 7) is 7.93. The summed E-state index contributed by atoms with van der Waals surface area (Å²) in [5, 5.41) is 4.19. The molecular formula is C21H28Cl3N3O. The van der Waals surface area contributed by atoms with Crippen molar-refractivity contribution in [2.24, 2.45) is 0 Å². The van der Waals surface area contributed by atoms with Crippen molar-refractivity contribution in [3.8, 4) is 11.5 Å². The Bertz CT molecular complexity index is 715. The fourth-order valence-corrected chi connectivity index (χ4v) is 3.97. The molecule has 1 N–H and O–H groups in total. The highest BCUT2D eigenvalue weighted by Crippen LogP contribution is 2.24. The summed E-state index contributed by atoms with van der Waals surface area (Å²) in [5.41, 5.74) is 1.30. The zero-order valence-corrected chi connectivity index (χ0v) is 18.2. The molecule has 0 saturated carbocycles. The molecule has 1 unspecified atom stereocenters. The van der Waals surface area contributed by atoms with Gasteiger partial charge in [0.1, 0.15) is 11.5 Å². The average Bonchev–Trinajstić information content (AvgIpc) is 3.19. The summed E-state index contributed by atoms with van der Waals surface area (Å²) in [5.74, 6) is 1.69. The maximum atomic E-state index is 5.96. The van der Waals surface area contributed by atoms with Crippen molar-refractivity contribution in [2.45, 2.75) is 19.0 Å². The van der Waals surface area contributed by atoms with Gasteiger partial charge in [0.25, 0.3) is 0 Å². The predicted octanol–water partition coefficient (Wildman–Crippen LogP) is 4.46. The maximum Gasteiger partial charge on any atom is 0.127 e. The Kier molecular flexibility index (Phi) is 9.35. The highest BCUT2D eigenvalue weighted by atomic mass is 35.5. The Morgan fingerprint density at radius 1 is 0.964 bits per heavy atom. The fraction of sp³-hybridized carbons (Fsp3) is 0.429. The van der Waals surface area contributed by atoms with Gasteiger partial charge in [-0.15, -0.1) is 24.8 Å². The van der Waals surface area contributed by atoms with E-state index in [4.69, 9.17) is 16.3 Å². The van der Waals surface area contributed by atoms with Crippen LogP contribution >= 0.6 is 36.4 Å². The van der Waals surface area contributed by atoms with E-state index < -0.39 is 0 Å². The van der Waals surface area contributed by atoms with Gasteiger partial charge in [-0.1, -0.05) is 23.7 Å². The molecule has 2 heterocycles. The van der Waals surface area contributed by atoms with E-state index in [0.29, 0.717) is 0 Å². The first kappa shape index (κ1) is 23.3. The van der Waals surface area contributed by atoms with Crippen LogP contribution in [0.4, 0.5) is 0 Å². The molecule has 154 valence electrons. The van der Waals surface area contributed by atoms with Gasteiger partial charge < -0.3 is 10.1 Å². The van der Waals surface area contributed by atoms with Crippen LogP contribution in [0.3, 0.4) is 0 Å². The molecule has 4 rings (SSSR count). The van der Waals surface area contributed by atoms with Crippen LogP contribution in [-0.4, -0.2) is 55.1 Å². The lowest BCUT2D eigenvalue weighted by molar-refractivity contribution is 0.0981. The minimum absolute atomic E-state index is 0. The van der Waals surface area contributed by atoms with Crippen molar-refractivity contribution in [1.29, 1.82) is 0 Å². The van der Waals surface area contributed by atoms with E-state index in [2.05, 4.69) is 33.3 Å². The molecule has 1 atom stereocenters. The number of rotatable bonds is 5. The van der Waals surface area contributed by atoms with E-state index in [0.717, 1.165) is 48.7 Å². The molecule has 2 aliphatic rings.